The Morgan fingerprint density at radius 2 is 1.70 bits per heavy atom. The largest absolute Gasteiger partial charge is 0.341 e. The molecule has 4 nitrogen and oxygen atoms in total. The van der Waals surface area contributed by atoms with Gasteiger partial charge in [0.2, 0.25) is 5.91 Å². The first kappa shape index (κ1) is 17.7. The van der Waals surface area contributed by atoms with E-state index < -0.39 is 6.04 Å². The number of nitrogens with zero attached hydrogens (tertiary/aromatic N) is 1. The Balaban J connectivity index is 1.93. The Morgan fingerprint density at radius 3 is 2.17 bits per heavy atom. The van der Waals surface area contributed by atoms with Crippen LogP contribution in [0.3, 0.4) is 0 Å². The molecule has 126 valence electrons. The molecule has 1 amide bonds. The van der Waals surface area contributed by atoms with Crippen molar-refractivity contribution in [2.24, 2.45) is 17.6 Å². The molecule has 1 unspecified atom stereocenters. The smallest absolute Gasteiger partial charge is 0.239 e. The lowest BCUT2D eigenvalue weighted by Gasteiger charge is -2.32. The van der Waals surface area contributed by atoms with Gasteiger partial charge in [-0.15, -0.1) is 0 Å². The number of likely N-dealkylation sites (tertiary alicyclic amines) is 1. The fourth-order valence-electron chi connectivity index (χ4n) is 3.16. The first-order valence-electron chi connectivity index (χ1n) is 8.56. The number of carbonyl (C=O) groups excluding carboxylic acids is 2. The van der Waals surface area contributed by atoms with E-state index in [-0.39, 0.29) is 17.6 Å². The van der Waals surface area contributed by atoms with Crippen LogP contribution in [0.1, 0.15) is 49.5 Å². The summed E-state index contributed by atoms with van der Waals surface area (Å²) in [6.45, 7) is 7.34. The highest BCUT2D eigenvalue weighted by molar-refractivity contribution is 5.98. The minimum atomic E-state index is -0.462. The Bertz CT molecular complexity index is 541. The maximum Gasteiger partial charge on any atom is 0.239 e. The molecule has 1 aliphatic heterocycles. The molecule has 1 fully saturated rings. The van der Waals surface area contributed by atoms with Crippen molar-refractivity contribution in [1.29, 1.82) is 0 Å². The lowest BCUT2D eigenvalue weighted by molar-refractivity contribution is -0.133. The van der Waals surface area contributed by atoms with Crippen LogP contribution in [-0.2, 0) is 11.2 Å². The van der Waals surface area contributed by atoms with Crippen LogP contribution in [-0.4, -0.2) is 35.7 Å². The quantitative estimate of drug-likeness (QED) is 0.849. The molecule has 0 radical (unpaired) electrons. The number of carbonyl (C=O) groups is 2. The van der Waals surface area contributed by atoms with Crippen LogP contribution in [0.5, 0.6) is 0 Å². The summed E-state index contributed by atoms with van der Waals surface area (Å²) in [5, 5.41) is 0. The zero-order chi connectivity index (χ0) is 17.0. The van der Waals surface area contributed by atoms with Gasteiger partial charge in [-0.05, 0) is 37.7 Å². The second-order valence-electron chi connectivity index (χ2n) is 7.05. The van der Waals surface area contributed by atoms with Gasteiger partial charge in [0, 0.05) is 24.6 Å². The predicted octanol–water partition coefficient (Wildman–Crippen LogP) is 2.65. The molecule has 1 aliphatic rings. The average molecular weight is 316 g/mol. The van der Waals surface area contributed by atoms with Gasteiger partial charge in [0.1, 0.15) is 0 Å². The number of Topliss-reactive ketones (excluding diaryl/α,β-unsaturated/α-hetero) is 1. The number of rotatable bonds is 5. The fourth-order valence-corrected chi connectivity index (χ4v) is 3.16. The molecule has 1 aromatic rings. The van der Waals surface area contributed by atoms with Gasteiger partial charge in [-0.25, -0.2) is 0 Å². The highest BCUT2D eigenvalue weighted by Crippen LogP contribution is 2.22. The molecule has 1 heterocycles. The Labute approximate surface area is 139 Å². The molecule has 0 bridgehead atoms. The number of hydrogen-bond donors (Lipinski definition) is 1. The van der Waals surface area contributed by atoms with E-state index in [1.165, 1.54) is 5.56 Å². The SMILES string of the molecule is CC(C)Cc1ccc(C(=O)C2CCN(C(=O)C(C)N)CC2)cc1. The average Bonchev–Trinajstić information content (AvgIpc) is 2.53. The minimum Gasteiger partial charge on any atom is -0.341 e. The number of benzene rings is 1. The number of piperidine rings is 1. The summed E-state index contributed by atoms with van der Waals surface area (Å²) < 4.78 is 0. The standard InChI is InChI=1S/C19H28N2O2/c1-13(2)12-15-4-6-16(7-5-15)18(22)17-8-10-21(11-9-17)19(23)14(3)20/h4-7,13-14,17H,8-12,20H2,1-3H3. The number of nitrogens with two attached hydrogens (primary N) is 1. The molecule has 2 rings (SSSR count). The third-order valence-electron chi connectivity index (χ3n) is 4.45. The van der Waals surface area contributed by atoms with Crippen molar-refractivity contribution in [1.82, 2.24) is 4.90 Å². The summed E-state index contributed by atoms with van der Waals surface area (Å²) in [7, 11) is 0. The molecule has 2 N–H and O–H groups in total. The van der Waals surface area contributed by atoms with Crippen LogP contribution in [0.2, 0.25) is 0 Å². The van der Waals surface area contributed by atoms with Gasteiger partial charge in [-0.1, -0.05) is 38.1 Å². The normalized spacial score (nSPS) is 17.3. The van der Waals surface area contributed by atoms with E-state index in [9.17, 15) is 9.59 Å². The maximum absolute atomic E-state index is 12.6. The second kappa shape index (κ2) is 7.73. The van der Waals surface area contributed by atoms with Gasteiger partial charge in [-0.2, -0.15) is 0 Å². The number of ketones is 1. The molecule has 1 atom stereocenters. The van der Waals surface area contributed by atoms with Crippen molar-refractivity contribution >= 4 is 11.7 Å². The van der Waals surface area contributed by atoms with E-state index in [0.717, 1.165) is 24.8 Å². The van der Waals surface area contributed by atoms with Crippen molar-refractivity contribution in [3.05, 3.63) is 35.4 Å². The van der Waals surface area contributed by atoms with Crippen LogP contribution in [0, 0.1) is 11.8 Å². The molecule has 23 heavy (non-hydrogen) atoms. The zero-order valence-electron chi connectivity index (χ0n) is 14.4. The lowest BCUT2D eigenvalue weighted by Crippen LogP contribution is -2.46. The summed E-state index contributed by atoms with van der Waals surface area (Å²) in [6.07, 6.45) is 2.49. The van der Waals surface area contributed by atoms with Crippen LogP contribution in [0.25, 0.3) is 0 Å². The van der Waals surface area contributed by atoms with Gasteiger partial charge >= 0.3 is 0 Å². The van der Waals surface area contributed by atoms with E-state index in [1.807, 2.05) is 12.1 Å². The van der Waals surface area contributed by atoms with Crippen molar-refractivity contribution in [3.63, 3.8) is 0 Å². The predicted molar refractivity (Wildman–Crippen MR) is 92.3 cm³/mol. The number of hydrogen-bond acceptors (Lipinski definition) is 3. The first-order chi connectivity index (χ1) is 10.9. The Hall–Kier alpha value is -1.68. The van der Waals surface area contributed by atoms with E-state index in [1.54, 1.807) is 11.8 Å². The van der Waals surface area contributed by atoms with Crippen molar-refractivity contribution in [2.45, 2.75) is 46.1 Å². The molecule has 0 aromatic heterocycles. The van der Waals surface area contributed by atoms with Crippen LogP contribution >= 0.6 is 0 Å². The maximum atomic E-state index is 12.6. The molecular formula is C19H28N2O2. The number of amides is 1. The van der Waals surface area contributed by atoms with Crippen LogP contribution in [0.4, 0.5) is 0 Å². The molecule has 0 spiro atoms. The molecule has 4 heteroatoms. The van der Waals surface area contributed by atoms with Crippen LogP contribution < -0.4 is 5.73 Å². The summed E-state index contributed by atoms with van der Waals surface area (Å²) in [5.74, 6) is 0.814. The van der Waals surface area contributed by atoms with Crippen molar-refractivity contribution < 1.29 is 9.59 Å². The topological polar surface area (TPSA) is 63.4 Å². The van der Waals surface area contributed by atoms with E-state index in [0.29, 0.717) is 19.0 Å². The Morgan fingerprint density at radius 1 is 1.13 bits per heavy atom. The minimum absolute atomic E-state index is 0.0167. The van der Waals surface area contributed by atoms with Crippen LogP contribution in [0.15, 0.2) is 24.3 Å². The molecule has 0 saturated carbocycles. The van der Waals surface area contributed by atoms with Gasteiger partial charge in [0.15, 0.2) is 5.78 Å². The molecule has 1 aromatic carbocycles. The van der Waals surface area contributed by atoms with E-state index >= 15 is 0 Å². The van der Waals surface area contributed by atoms with E-state index in [2.05, 4.69) is 26.0 Å². The third-order valence-corrected chi connectivity index (χ3v) is 4.45. The monoisotopic (exact) mass is 316 g/mol. The van der Waals surface area contributed by atoms with Crippen molar-refractivity contribution in [3.8, 4) is 0 Å². The van der Waals surface area contributed by atoms with Crippen molar-refractivity contribution in [2.75, 3.05) is 13.1 Å². The third kappa shape index (κ3) is 4.64. The molecule has 1 saturated heterocycles. The second-order valence-corrected chi connectivity index (χ2v) is 7.05. The highest BCUT2D eigenvalue weighted by Gasteiger charge is 2.28. The first-order valence-corrected chi connectivity index (χ1v) is 8.56. The Kier molecular flexibility index (Phi) is 5.94. The molecular weight excluding hydrogens is 288 g/mol. The summed E-state index contributed by atoms with van der Waals surface area (Å²) in [6, 6.07) is 7.54. The lowest BCUT2D eigenvalue weighted by atomic mass is 9.88. The summed E-state index contributed by atoms with van der Waals surface area (Å²) in [5.41, 5.74) is 7.70. The van der Waals surface area contributed by atoms with Gasteiger partial charge in [0.05, 0.1) is 6.04 Å². The summed E-state index contributed by atoms with van der Waals surface area (Å²) >= 11 is 0. The van der Waals surface area contributed by atoms with E-state index in [4.69, 9.17) is 5.73 Å². The van der Waals surface area contributed by atoms with Gasteiger partial charge in [-0.3, -0.25) is 9.59 Å². The van der Waals surface area contributed by atoms with Gasteiger partial charge < -0.3 is 10.6 Å². The molecule has 0 aliphatic carbocycles. The van der Waals surface area contributed by atoms with Gasteiger partial charge in [0.25, 0.3) is 0 Å². The summed E-state index contributed by atoms with van der Waals surface area (Å²) in [4.78, 5) is 26.3. The zero-order valence-corrected chi connectivity index (χ0v) is 14.4. The highest BCUT2D eigenvalue weighted by atomic mass is 16.2. The fraction of sp³-hybridized carbons (Fsp3) is 0.579.